The van der Waals surface area contributed by atoms with Gasteiger partial charge in [0.15, 0.2) is 0 Å². The summed E-state index contributed by atoms with van der Waals surface area (Å²) >= 11 is 0. The van der Waals surface area contributed by atoms with Crippen molar-refractivity contribution in [2.24, 2.45) is 0 Å². The van der Waals surface area contributed by atoms with Gasteiger partial charge in [-0.15, -0.1) is 0 Å². The number of furan rings is 1. The molecule has 5 rings (SSSR count). The number of pyridine rings is 1. The summed E-state index contributed by atoms with van der Waals surface area (Å²) in [5.41, 5.74) is 3.02. The van der Waals surface area contributed by atoms with Crippen molar-refractivity contribution in [2.75, 3.05) is 5.32 Å². The van der Waals surface area contributed by atoms with Crippen molar-refractivity contribution in [1.29, 1.82) is 0 Å². The van der Waals surface area contributed by atoms with Crippen molar-refractivity contribution >= 4 is 33.5 Å². The van der Waals surface area contributed by atoms with Crippen molar-refractivity contribution < 1.29 is 13.7 Å². The van der Waals surface area contributed by atoms with Gasteiger partial charge in [-0.3, -0.25) is 9.78 Å². The molecule has 0 bridgehead atoms. The number of nitrogens with one attached hydrogen (secondary N) is 1. The lowest BCUT2D eigenvalue weighted by molar-refractivity contribution is -0.116. The molecule has 1 N–H and O–H groups in total. The summed E-state index contributed by atoms with van der Waals surface area (Å²) in [6.45, 7) is 0. The zero-order chi connectivity index (χ0) is 19.6. The normalized spacial score (nSPS) is 11.2. The monoisotopic (exact) mass is 384 g/mol. The molecule has 0 aliphatic carbocycles. The van der Waals surface area contributed by atoms with Crippen LogP contribution in [0.5, 0.6) is 0 Å². The summed E-state index contributed by atoms with van der Waals surface area (Å²) < 4.78 is 11.1. The van der Waals surface area contributed by atoms with Gasteiger partial charge in [-0.25, -0.2) is 0 Å². The average Bonchev–Trinajstić information content (AvgIpc) is 3.37. The highest BCUT2D eigenvalue weighted by molar-refractivity contribution is 6.06. The third kappa shape index (κ3) is 3.45. The van der Waals surface area contributed by atoms with E-state index in [2.05, 4.69) is 20.4 Å². The van der Waals surface area contributed by atoms with Crippen molar-refractivity contribution in [1.82, 2.24) is 15.1 Å². The highest BCUT2D eigenvalue weighted by Gasteiger charge is 2.12. The number of para-hydroxylation sites is 1. The standard InChI is InChI=1S/C22H16N4O3/c27-20(9-10-21-25-22(26-29-21)14-4-3-11-23-13-14)24-15-7-8-17-16-5-1-2-6-18(16)28-19(17)12-15/h1-8,11-13H,9-10H2,(H,24,27). The summed E-state index contributed by atoms with van der Waals surface area (Å²) in [7, 11) is 0. The van der Waals surface area contributed by atoms with Gasteiger partial charge >= 0.3 is 0 Å². The van der Waals surface area contributed by atoms with Gasteiger partial charge in [-0.2, -0.15) is 4.98 Å². The summed E-state index contributed by atoms with van der Waals surface area (Å²) in [5, 5.41) is 8.90. The van der Waals surface area contributed by atoms with Gasteiger partial charge in [0.05, 0.1) is 0 Å². The molecule has 0 radical (unpaired) electrons. The predicted octanol–water partition coefficient (Wildman–Crippen LogP) is 4.60. The van der Waals surface area contributed by atoms with E-state index in [4.69, 9.17) is 8.94 Å². The molecule has 0 fully saturated rings. The van der Waals surface area contributed by atoms with Crippen molar-refractivity contribution in [3.8, 4) is 11.4 Å². The molecule has 7 nitrogen and oxygen atoms in total. The fourth-order valence-electron chi connectivity index (χ4n) is 3.22. The Bertz CT molecular complexity index is 1310. The summed E-state index contributed by atoms with van der Waals surface area (Å²) in [6, 6.07) is 17.2. The Hall–Kier alpha value is -4.00. The quantitative estimate of drug-likeness (QED) is 0.476. The van der Waals surface area contributed by atoms with Crippen LogP contribution in [-0.2, 0) is 11.2 Å². The van der Waals surface area contributed by atoms with Gasteiger partial charge in [-0.1, -0.05) is 23.4 Å². The highest BCUT2D eigenvalue weighted by Crippen LogP contribution is 2.30. The number of hydrogen-bond donors (Lipinski definition) is 1. The molecule has 0 saturated carbocycles. The summed E-state index contributed by atoms with van der Waals surface area (Å²) in [6.07, 6.45) is 3.92. The van der Waals surface area contributed by atoms with Crippen LogP contribution >= 0.6 is 0 Å². The topological polar surface area (TPSA) is 94.0 Å². The first-order valence-corrected chi connectivity index (χ1v) is 9.20. The van der Waals surface area contributed by atoms with Gasteiger partial charge < -0.3 is 14.3 Å². The number of nitrogens with zero attached hydrogens (tertiary/aromatic N) is 3. The number of fused-ring (bicyclic) bond motifs is 3. The first-order chi connectivity index (χ1) is 14.3. The lowest BCUT2D eigenvalue weighted by atomic mass is 10.1. The van der Waals surface area contributed by atoms with E-state index < -0.39 is 0 Å². The molecule has 1 amide bonds. The van der Waals surface area contributed by atoms with Crippen LogP contribution < -0.4 is 5.32 Å². The van der Waals surface area contributed by atoms with Crippen LogP contribution in [0.2, 0.25) is 0 Å². The Kier molecular flexibility index (Phi) is 4.25. The third-order valence-electron chi connectivity index (χ3n) is 4.62. The summed E-state index contributed by atoms with van der Waals surface area (Å²) in [4.78, 5) is 20.7. The van der Waals surface area contributed by atoms with E-state index in [0.29, 0.717) is 23.8 Å². The van der Waals surface area contributed by atoms with Gasteiger partial charge in [-0.05, 0) is 30.3 Å². The van der Waals surface area contributed by atoms with Crippen LogP contribution in [0.4, 0.5) is 5.69 Å². The molecular formula is C22H16N4O3. The second kappa shape index (κ2) is 7.20. The zero-order valence-electron chi connectivity index (χ0n) is 15.3. The van der Waals surface area contributed by atoms with Gasteiger partial charge in [0.2, 0.25) is 17.6 Å². The largest absolute Gasteiger partial charge is 0.456 e. The fraction of sp³-hybridized carbons (Fsp3) is 0.0909. The third-order valence-corrected chi connectivity index (χ3v) is 4.62. The first-order valence-electron chi connectivity index (χ1n) is 9.20. The number of aromatic nitrogens is 3. The van der Waals surface area contributed by atoms with Gasteiger partial charge in [0.1, 0.15) is 11.2 Å². The van der Waals surface area contributed by atoms with Crippen molar-refractivity contribution in [3.05, 3.63) is 72.9 Å². The number of anilines is 1. The number of hydrogen-bond acceptors (Lipinski definition) is 6. The molecule has 2 aromatic carbocycles. The van der Waals surface area contributed by atoms with Crippen LogP contribution in [-0.4, -0.2) is 21.0 Å². The molecule has 0 atom stereocenters. The van der Waals surface area contributed by atoms with Crippen LogP contribution in [0.3, 0.4) is 0 Å². The van der Waals surface area contributed by atoms with Crippen LogP contribution in [0.15, 0.2) is 75.9 Å². The smallest absolute Gasteiger partial charge is 0.227 e. The minimum atomic E-state index is -0.137. The lowest BCUT2D eigenvalue weighted by Gasteiger charge is -2.03. The number of carbonyl (C=O) groups is 1. The second-order valence-electron chi connectivity index (χ2n) is 6.61. The Labute approximate surface area is 165 Å². The Balaban J connectivity index is 1.25. The van der Waals surface area contributed by atoms with Crippen molar-refractivity contribution in [3.63, 3.8) is 0 Å². The van der Waals surface area contributed by atoms with Crippen LogP contribution in [0, 0.1) is 0 Å². The van der Waals surface area contributed by atoms with E-state index in [1.54, 1.807) is 18.5 Å². The molecular weight excluding hydrogens is 368 g/mol. The maximum absolute atomic E-state index is 12.3. The minimum absolute atomic E-state index is 0.137. The van der Waals surface area contributed by atoms with E-state index in [1.165, 1.54) is 0 Å². The predicted molar refractivity (Wildman–Crippen MR) is 108 cm³/mol. The van der Waals surface area contributed by atoms with Crippen LogP contribution in [0.1, 0.15) is 12.3 Å². The molecule has 0 spiro atoms. The number of amides is 1. The first kappa shape index (κ1) is 17.1. The molecule has 0 saturated heterocycles. The Morgan fingerprint density at radius 3 is 2.79 bits per heavy atom. The Morgan fingerprint density at radius 1 is 1.00 bits per heavy atom. The minimum Gasteiger partial charge on any atom is -0.456 e. The second-order valence-corrected chi connectivity index (χ2v) is 6.61. The molecule has 29 heavy (non-hydrogen) atoms. The van der Waals surface area contributed by atoms with Gasteiger partial charge in [0.25, 0.3) is 0 Å². The molecule has 0 aliphatic rings. The fourth-order valence-corrected chi connectivity index (χ4v) is 3.22. The van der Waals surface area contributed by atoms with E-state index in [0.717, 1.165) is 27.5 Å². The SMILES string of the molecule is O=C(CCc1nc(-c2cccnc2)no1)Nc1ccc2c(c1)oc1ccccc12. The number of carbonyl (C=O) groups excluding carboxylic acids is 1. The molecule has 7 heteroatoms. The van der Waals surface area contributed by atoms with Crippen molar-refractivity contribution in [2.45, 2.75) is 12.8 Å². The number of benzene rings is 2. The zero-order valence-corrected chi connectivity index (χ0v) is 15.3. The summed E-state index contributed by atoms with van der Waals surface area (Å²) in [5.74, 6) is 0.733. The van der Waals surface area contributed by atoms with Crippen LogP contribution in [0.25, 0.3) is 33.3 Å². The maximum Gasteiger partial charge on any atom is 0.227 e. The molecule has 5 aromatic rings. The molecule has 142 valence electrons. The maximum atomic E-state index is 12.3. The molecule has 3 aromatic heterocycles. The number of aryl methyl sites for hydroxylation is 1. The Morgan fingerprint density at radius 2 is 1.90 bits per heavy atom. The van der Waals surface area contributed by atoms with Gasteiger partial charge in [0, 0.05) is 53.3 Å². The highest BCUT2D eigenvalue weighted by atomic mass is 16.5. The molecule has 0 aliphatic heterocycles. The van der Waals surface area contributed by atoms with E-state index in [1.807, 2.05) is 48.5 Å². The van der Waals surface area contributed by atoms with E-state index in [-0.39, 0.29) is 12.3 Å². The molecule has 3 heterocycles. The van der Waals surface area contributed by atoms with E-state index in [9.17, 15) is 4.79 Å². The lowest BCUT2D eigenvalue weighted by Crippen LogP contribution is -2.12. The molecule has 0 unspecified atom stereocenters. The average molecular weight is 384 g/mol. The number of rotatable bonds is 5. The van der Waals surface area contributed by atoms with E-state index >= 15 is 0 Å².